The Hall–Kier alpha value is -4.13. The highest BCUT2D eigenvalue weighted by molar-refractivity contribution is 7.89. The second-order valence-electron chi connectivity index (χ2n) is 12.7. The van der Waals surface area contributed by atoms with Gasteiger partial charge in [-0.05, 0) is 44.0 Å². The zero-order chi connectivity index (χ0) is 33.8. The van der Waals surface area contributed by atoms with E-state index in [-0.39, 0.29) is 42.2 Å². The summed E-state index contributed by atoms with van der Waals surface area (Å²) in [5, 5.41) is 0. The van der Waals surface area contributed by atoms with E-state index in [1.54, 1.807) is 25.7 Å². The van der Waals surface area contributed by atoms with Gasteiger partial charge in [0.2, 0.25) is 15.9 Å². The molecule has 2 amide bonds. The number of rotatable bonds is 8. The molecule has 0 N–H and O–H groups in total. The third-order valence-electron chi connectivity index (χ3n) is 8.45. The van der Waals surface area contributed by atoms with Gasteiger partial charge < -0.3 is 24.0 Å². The third-order valence-corrected chi connectivity index (χ3v) is 10.4. The number of nitrogens with zero attached hydrogens (tertiary/aromatic N) is 4. The first-order chi connectivity index (χ1) is 22.4. The van der Waals surface area contributed by atoms with E-state index in [9.17, 15) is 18.0 Å². The van der Waals surface area contributed by atoms with E-state index in [0.29, 0.717) is 31.9 Å². The van der Waals surface area contributed by atoms with E-state index in [1.807, 2.05) is 36.4 Å². The van der Waals surface area contributed by atoms with Crippen LogP contribution in [0.3, 0.4) is 0 Å². The normalized spacial score (nSPS) is 18.2. The topological polar surface area (TPSA) is 109 Å². The molecular weight excluding hydrogens is 620 g/mol. The summed E-state index contributed by atoms with van der Waals surface area (Å²) < 4.78 is 45.7. The third kappa shape index (κ3) is 7.72. The Morgan fingerprint density at radius 1 is 0.745 bits per heavy atom. The average Bonchev–Trinajstić information content (AvgIpc) is 3.08. The predicted molar refractivity (Wildman–Crippen MR) is 178 cm³/mol. The molecular formula is C35H44N4O7S. The van der Waals surface area contributed by atoms with Crippen molar-refractivity contribution < 1.29 is 32.2 Å². The summed E-state index contributed by atoms with van der Waals surface area (Å²) in [6, 6.07) is 23.8. The summed E-state index contributed by atoms with van der Waals surface area (Å²) in [6.45, 7) is 7.16. The molecule has 2 aliphatic heterocycles. The van der Waals surface area contributed by atoms with E-state index in [1.165, 1.54) is 41.6 Å². The number of methoxy groups -OCH3 is 2. The number of carbonyl (C=O) groups is 2. The van der Waals surface area contributed by atoms with Crippen LogP contribution in [-0.2, 0) is 19.6 Å². The minimum atomic E-state index is -4.17. The summed E-state index contributed by atoms with van der Waals surface area (Å²) in [5.41, 5.74) is 1.57. The summed E-state index contributed by atoms with van der Waals surface area (Å²) in [7, 11) is -1.27. The van der Waals surface area contributed by atoms with Crippen molar-refractivity contribution in [3.63, 3.8) is 0 Å². The molecule has 0 spiro atoms. The summed E-state index contributed by atoms with van der Waals surface area (Å²) >= 11 is 0. The Balaban J connectivity index is 1.40. The fourth-order valence-corrected chi connectivity index (χ4v) is 7.74. The SMILES string of the molecule is COc1ccc(S(=O)(=O)N2CCN(C(=O)OC(C)(C)C)C[C@H]2C(=O)N2CCN(C(c3ccccc3)c3ccccc3)CC2)cc1OC. The van der Waals surface area contributed by atoms with Crippen LogP contribution in [0, 0.1) is 0 Å². The number of hydrogen-bond acceptors (Lipinski definition) is 8. The van der Waals surface area contributed by atoms with Crippen LogP contribution in [-0.4, -0.2) is 111 Å². The molecule has 0 unspecified atom stereocenters. The van der Waals surface area contributed by atoms with Crippen LogP contribution in [0.15, 0.2) is 83.8 Å². The maximum Gasteiger partial charge on any atom is 0.410 e. The van der Waals surface area contributed by atoms with E-state index >= 15 is 0 Å². The van der Waals surface area contributed by atoms with Gasteiger partial charge in [-0.1, -0.05) is 60.7 Å². The van der Waals surface area contributed by atoms with Crippen LogP contribution in [0.1, 0.15) is 37.9 Å². The molecule has 252 valence electrons. The van der Waals surface area contributed by atoms with Crippen molar-refractivity contribution in [2.45, 2.75) is 43.4 Å². The molecule has 2 aliphatic rings. The monoisotopic (exact) mass is 664 g/mol. The van der Waals surface area contributed by atoms with Crippen molar-refractivity contribution in [3.8, 4) is 11.5 Å². The molecule has 0 saturated carbocycles. The zero-order valence-electron chi connectivity index (χ0n) is 27.7. The molecule has 3 aromatic carbocycles. The first kappa shape index (κ1) is 34.2. The number of sulfonamides is 1. The van der Waals surface area contributed by atoms with Gasteiger partial charge in [0.05, 0.1) is 25.2 Å². The van der Waals surface area contributed by atoms with Gasteiger partial charge in [0.1, 0.15) is 11.6 Å². The van der Waals surface area contributed by atoms with Crippen LogP contribution in [0.2, 0.25) is 0 Å². The van der Waals surface area contributed by atoms with Gasteiger partial charge in [0.15, 0.2) is 11.5 Å². The molecule has 12 heteroatoms. The minimum absolute atomic E-state index is 0.00826. The van der Waals surface area contributed by atoms with Crippen molar-refractivity contribution >= 4 is 22.0 Å². The first-order valence-corrected chi connectivity index (χ1v) is 17.2. The molecule has 0 aromatic heterocycles. The molecule has 0 aliphatic carbocycles. The predicted octanol–water partition coefficient (Wildman–Crippen LogP) is 4.25. The van der Waals surface area contributed by atoms with Gasteiger partial charge in [-0.3, -0.25) is 9.69 Å². The smallest absolute Gasteiger partial charge is 0.410 e. The number of benzene rings is 3. The van der Waals surface area contributed by atoms with Gasteiger partial charge in [-0.15, -0.1) is 0 Å². The molecule has 2 heterocycles. The molecule has 11 nitrogen and oxygen atoms in total. The molecule has 0 radical (unpaired) electrons. The molecule has 3 aromatic rings. The number of piperazine rings is 2. The van der Waals surface area contributed by atoms with Gasteiger partial charge >= 0.3 is 6.09 Å². The summed E-state index contributed by atoms with van der Waals surface area (Å²) in [5.74, 6) is 0.292. The maximum atomic E-state index is 14.3. The quantitative estimate of drug-likeness (QED) is 0.352. The highest BCUT2D eigenvalue weighted by atomic mass is 32.2. The molecule has 1 atom stereocenters. The number of hydrogen-bond donors (Lipinski definition) is 0. The fraction of sp³-hybridized carbons (Fsp3) is 0.429. The Morgan fingerprint density at radius 2 is 1.30 bits per heavy atom. The number of ether oxygens (including phenoxy) is 3. The summed E-state index contributed by atoms with van der Waals surface area (Å²) in [6.07, 6.45) is -0.586. The largest absolute Gasteiger partial charge is 0.493 e. The lowest BCUT2D eigenvalue weighted by Gasteiger charge is -2.44. The Kier molecular flexibility index (Phi) is 10.4. The van der Waals surface area contributed by atoms with Gasteiger partial charge in [-0.25, -0.2) is 13.2 Å². The van der Waals surface area contributed by atoms with E-state index < -0.39 is 27.8 Å². The number of carbonyl (C=O) groups excluding carboxylic acids is 2. The van der Waals surface area contributed by atoms with Crippen LogP contribution >= 0.6 is 0 Å². The molecule has 47 heavy (non-hydrogen) atoms. The standard InChI is InChI=1S/C35H44N4O7S/c1-35(2,3)46-34(41)38-22-23-39(47(42,43)28-16-17-30(44-4)31(24-28)45-5)29(25-38)33(40)37-20-18-36(19-21-37)32(26-12-8-6-9-13-26)27-14-10-7-11-15-27/h6-17,24,29,32H,18-23,25H2,1-5H3/t29-/m0/s1. The number of amides is 2. The molecule has 0 bridgehead atoms. The van der Waals surface area contributed by atoms with Crippen molar-refractivity contribution in [2.24, 2.45) is 0 Å². The first-order valence-electron chi connectivity index (χ1n) is 15.8. The van der Waals surface area contributed by atoms with Crippen molar-refractivity contribution in [1.82, 2.24) is 19.0 Å². The van der Waals surface area contributed by atoms with Crippen molar-refractivity contribution in [2.75, 3.05) is 60.0 Å². The average molecular weight is 665 g/mol. The second-order valence-corrected chi connectivity index (χ2v) is 14.6. The van der Waals surface area contributed by atoms with Crippen molar-refractivity contribution in [1.29, 1.82) is 0 Å². The lowest BCUT2D eigenvalue weighted by atomic mass is 9.96. The Morgan fingerprint density at radius 3 is 1.83 bits per heavy atom. The van der Waals surface area contributed by atoms with Crippen LogP contribution in [0.25, 0.3) is 0 Å². The molecule has 2 saturated heterocycles. The lowest BCUT2D eigenvalue weighted by molar-refractivity contribution is -0.139. The van der Waals surface area contributed by atoms with Crippen molar-refractivity contribution in [3.05, 3.63) is 90.0 Å². The van der Waals surface area contributed by atoms with Gasteiger partial charge in [0, 0.05) is 51.9 Å². The van der Waals surface area contributed by atoms with E-state index in [4.69, 9.17) is 14.2 Å². The van der Waals surface area contributed by atoms with Crippen LogP contribution in [0.4, 0.5) is 4.79 Å². The fourth-order valence-electron chi connectivity index (χ4n) is 6.16. The zero-order valence-corrected chi connectivity index (χ0v) is 28.5. The molecule has 5 rings (SSSR count). The van der Waals surface area contributed by atoms with E-state index in [0.717, 1.165) is 11.1 Å². The summed E-state index contributed by atoms with van der Waals surface area (Å²) in [4.78, 5) is 32.9. The van der Waals surface area contributed by atoms with Crippen LogP contribution < -0.4 is 9.47 Å². The highest BCUT2D eigenvalue weighted by Crippen LogP contribution is 2.33. The highest BCUT2D eigenvalue weighted by Gasteiger charge is 2.44. The van der Waals surface area contributed by atoms with Gasteiger partial charge in [0.25, 0.3) is 0 Å². The Bertz CT molecular complexity index is 1600. The minimum Gasteiger partial charge on any atom is -0.493 e. The van der Waals surface area contributed by atoms with Crippen LogP contribution in [0.5, 0.6) is 11.5 Å². The second kappa shape index (κ2) is 14.3. The lowest BCUT2D eigenvalue weighted by Crippen LogP contribution is -2.63. The van der Waals surface area contributed by atoms with E-state index in [2.05, 4.69) is 29.2 Å². The maximum absolute atomic E-state index is 14.3. The molecule has 2 fully saturated rings. The Labute approximate surface area is 277 Å². The van der Waals surface area contributed by atoms with Gasteiger partial charge in [-0.2, -0.15) is 4.31 Å².